The lowest BCUT2D eigenvalue weighted by Gasteiger charge is -2.34. The van der Waals surface area contributed by atoms with Crippen molar-refractivity contribution in [2.45, 2.75) is 13.1 Å². The van der Waals surface area contributed by atoms with Crippen LogP contribution in [0, 0.1) is 11.3 Å². The van der Waals surface area contributed by atoms with Crippen LogP contribution in [0.25, 0.3) is 0 Å². The Balaban J connectivity index is 1.51. The van der Waals surface area contributed by atoms with Crippen molar-refractivity contribution < 1.29 is 9.47 Å². The molecule has 1 fully saturated rings. The topological polar surface area (TPSA) is 48.7 Å². The van der Waals surface area contributed by atoms with Crippen LogP contribution in [0.5, 0.6) is 11.5 Å². The maximum atomic E-state index is 8.88. The Hall–Kier alpha value is -2.55. The van der Waals surface area contributed by atoms with Crippen molar-refractivity contribution in [1.82, 2.24) is 9.80 Å². The van der Waals surface area contributed by atoms with Gasteiger partial charge in [-0.2, -0.15) is 5.26 Å². The first-order valence-electron chi connectivity index (χ1n) is 8.86. The molecular weight excluding hydrogens is 326 g/mol. The van der Waals surface area contributed by atoms with Gasteiger partial charge in [-0.1, -0.05) is 18.2 Å². The van der Waals surface area contributed by atoms with Gasteiger partial charge >= 0.3 is 0 Å². The molecular formula is C21H25N3O2. The second-order valence-corrected chi connectivity index (χ2v) is 6.55. The molecule has 0 unspecified atom stereocenters. The first kappa shape index (κ1) is 18.2. The fourth-order valence-electron chi connectivity index (χ4n) is 3.29. The Morgan fingerprint density at radius 2 is 1.35 bits per heavy atom. The SMILES string of the molecule is COc1ccc(CN2CCN(Cc3ccc(C#N)cc3)CC2)cc1OC. The summed E-state index contributed by atoms with van der Waals surface area (Å²) < 4.78 is 10.7. The van der Waals surface area contributed by atoms with Crippen molar-refractivity contribution in [2.24, 2.45) is 0 Å². The van der Waals surface area contributed by atoms with Crippen LogP contribution in [0.2, 0.25) is 0 Å². The fourth-order valence-corrected chi connectivity index (χ4v) is 3.29. The number of hydrogen-bond donors (Lipinski definition) is 0. The van der Waals surface area contributed by atoms with Crippen LogP contribution in [0.1, 0.15) is 16.7 Å². The predicted molar refractivity (Wildman–Crippen MR) is 101 cm³/mol. The van der Waals surface area contributed by atoms with E-state index in [9.17, 15) is 0 Å². The number of nitriles is 1. The highest BCUT2D eigenvalue weighted by Crippen LogP contribution is 2.28. The van der Waals surface area contributed by atoms with E-state index in [4.69, 9.17) is 14.7 Å². The molecule has 0 atom stereocenters. The van der Waals surface area contributed by atoms with Gasteiger partial charge in [0.25, 0.3) is 0 Å². The van der Waals surface area contributed by atoms with Crippen LogP contribution in [0.3, 0.4) is 0 Å². The Morgan fingerprint density at radius 1 is 0.808 bits per heavy atom. The van der Waals surface area contributed by atoms with Gasteiger partial charge in [-0.25, -0.2) is 0 Å². The maximum Gasteiger partial charge on any atom is 0.161 e. The Kier molecular flexibility index (Phi) is 6.11. The molecule has 0 radical (unpaired) electrons. The number of nitrogens with zero attached hydrogens (tertiary/aromatic N) is 3. The number of ether oxygens (including phenoxy) is 2. The molecule has 1 aliphatic heterocycles. The van der Waals surface area contributed by atoms with E-state index in [0.29, 0.717) is 5.56 Å². The average Bonchev–Trinajstić information content (AvgIpc) is 2.70. The molecule has 2 aromatic carbocycles. The zero-order valence-corrected chi connectivity index (χ0v) is 15.4. The van der Waals surface area contributed by atoms with Crippen LogP contribution in [-0.4, -0.2) is 50.2 Å². The minimum atomic E-state index is 0.716. The van der Waals surface area contributed by atoms with E-state index in [0.717, 1.165) is 50.8 Å². The summed E-state index contributed by atoms with van der Waals surface area (Å²) in [4.78, 5) is 4.93. The summed E-state index contributed by atoms with van der Waals surface area (Å²) in [6.07, 6.45) is 0. The highest BCUT2D eigenvalue weighted by Gasteiger charge is 2.17. The van der Waals surface area contributed by atoms with Gasteiger partial charge in [0.05, 0.1) is 25.9 Å². The lowest BCUT2D eigenvalue weighted by atomic mass is 10.1. The molecule has 5 nitrogen and oxygen atoms in total. The largest absolute Gasteiger partial charge is 0.493 e. The van der Waals surface area contributed by atoms with Crippen LogP contribution >= 0.6 is 0 Å². The molecule has 0 N–H and O–H groups in total. The maximum absolute atomic E-state index is 8.88. The molecule has 1 heterocycles. The first-order chi connectivity index (χ1) is 12.7. The molecule has 136 valence electrons. The number of rotatable bonds is 6. The summed E-state index contributed by atoms with van der Waals surface area (Å²) in [7, 11) is 3.33. The number of piperazine rings is 1. The van der Waals surface area contributed by atoms with Gasteiger partial charge in [0.1, 0.15) is 0 Å². The minimum Gasteiger partial charge on any atom is -0.493 e. The summed E-state index contributed by atoms with van der Waals surface area (Å²) in [5.41, 5.74) is 3.22. The second-order valence-electron chi connectivity index (χ2n) is 6.55. The van der Waals surface area contributed by atoms with E-state index >= 15 is 0 Å². The Morgan fingerprint density at radius 3 is 1.88 bits per heavy atom. The van der Waals surface area contributed by atoms with E-state index in [-0.39, 0.29) is 0 Å². The lowest BCUT2D eigenvalue weighted by molar-refractivity contribution is 0.122. The second kappa shape index (κ2) is 8.70. The first-order valence-corrected chi connectivity index (χ1v) is 8.86. The third-order valence-corrected chi connectivity index (χ3v) is 4.81. The third kappa shape index (κ3) is 4.54. The summed E-state index contributed by atoms with van der Waals surface area (Å²) >= 11 is 0. The Bertz CT molecular complexity index is 760. The molecule has 3 rings (SSSR count). The van der Waals surface area contributed by atoms with Gasteiger partial charge < -0.3 is 9.47 Å². The summed E-state index contributed by atoms with van der Waals surface area (Å²) in [5.74, 6) is 1.55. The number of methoxy groups -OCH3 is 2. The zero-order chi connectivity index (χ0) is 18.4. The monoisotopic (exact) mass is 351 g/mol. The van der Waals surface area contributed by atoms with Crippen LogP contribution < -0.4 is 9.47 Å². The van der Waals surface area contributed by atoms with E-state index in [2.05, 4.69) is 40.1 Å². The molecule has 0 amide bonds. The van der Waals surface area contributed by atoms with Crippen molar-refractivity contribution in [2.75, 3.05) is 40.4 Å². The van der Waals surface area contributed by atoms with E-state index < -0.39 is 0 Å². The number of hydrogen-bond acceptors (Lipinski definition) is 5. The molecule has 0 saturated carbocycles. The van der Waals surface area contributed by atoms with E-state index in [1.54, 1.807) is 14.2 Å². The molecule has 0 bridgehead atoms. The van der Waals surface area contributed by atoms with Crippen LogP contribution in [0.15, 0.2) is 42.5 Å². The van der Waals surface area contributed by atoms with Gasteiger partial charge in [-0.15, -0.1) is 0 Å². The summed E-state index contributed by atoms with van der Waals surface area (Å²) in [6, 6.07) is 16.2. The highest BCUT2D eigenvalue weighted by atomic mass is 16.5. The van der Waals surface area contributed by atoms with Crippen LogP contribution in [0.4, 0.5) is 0 Å². The van der Waals surface area contributed by atoms with E-state index in [1.165, 1.54) is 11.1 Å². The van der Waals surface area contributed by atoms with Gasteiger partial charge in [0, 0.05) is 39.3 Å². The molecule has 26 heavy (non-hydrogen) atoms. The van der Waals surface area contributed by atoms with Crippen molar-refractivity contribution in [3.05, 3.63) is 59.2 Å². The predicted octanol–water partition coefficient (Wildman–Crippen LogP) is 2.89. The van der Waals surface area contributed by atoms with Gasteiger partial charge in [-0.05, 0) is 35.4 Å². The van der Waals surface area contributed by atoms with Crippen molar-refractivity contribution in [3.63, 3.8) is 0 Å². The summed E-state index contributed by atoms with van der Waals surface area (Å²) in [5, 5.41) is 8.88. The average molecular weight is 351 g/mol. The van der Waals surface area contributed by atoms with Crippen molar-refractivity contribution >= 4 is 0 Å². The van der Waals surface area contributed by atoms with Gasteiger partial charge in [0.15, 0.2) is 11.5 Å². The normalized spacial score (nSPS) is 15.4. The molecule has 1 saturated heterocycles. The smallest absolute Gasteiger partial charge is 0.161 e. The molecule has 5 heteroatoms. The van der Waals surface area contributed by atoms with Gasteiger partial charge in [0.2, 0.25) is 0 Å². The summed E-state index contributed by atoms with van der Waals surface area (Å²) in [6.45, 7) is 6.05. The molecule has 0 aliphatic carbocycles. The molecule has 2 aromatic rings. The third-order valence-electron chi connectivity index (χ3n) is 4.81. The zero-order valence-electron chi connectivity index (χ0n) is 15.4. The van der Waals surface area contributed by atoms with Crippen molar-refractivity contribution in [1.29, 1.82) is 5.26 Å². The molecule has 0 aromatic heterocycles. The minimum absolute atomic E-state index is 0.716. The lowest BCUT2D eigenvalue weighted by Crippen LogP contribution is -2.45. The number of benzene rings is 2. The van der Waals surface area contributed by atoms with E-state index in [1.807, 2.05) is 18.2 Å². The van der Waals surface area contributed by atoms with Gasteiger partial charge in [-0.3, -0.25) is 9.80 Å². The highest BCUT2D eigenvalue weighted by molar-refractivity contribution is 5.42. The standard InChI is InChI=1S/C21H25N3O2/c1-25-20-8-7-19(13-21(20)26-2)16-24-11-9-23(10-12-24)15-18-5-3-17(14-22)4-6-18/h3-8,13H,9-12,15-16H2,1-2H3. The van der Waals surface area contributed by atoms with Crippen LogP contribution in [-0.2, 0) is 13.1 Å². The Labute approximate surface area is 155 Å². The molecule has 1 aliphatic rings. The molecule has 0 spiro atoms. The van der Waals surface area contributed by atoms with Crippen molar-refractivity contribution in [3.8, 4) is 17.6 Å². The quantitative estimate of drug-likeness (QED) is 0.801. The fraction of sp³-hybridized carbons (Fsp3) is 0.381.